The number of nitrogens with zero attached hydrogens (tertiary/aromatic N) is 2. The Balaban J connectivity index is 1.35. The maximum atomic E-state index is 9.80. The first-order valence-corrected chi connectivity index (χ1v) is 11.5. The van der Waals surface area contributed by atoms with Gasteiger partial charge in [0, 0.05) is 35.8 Å². The van der Waals surface area contributed by atoms with E-state index in [4.69, 9.17) is 23.2 Å². The van der Waals surface area contributed by atoms with Crippen LogP contribution in [0.15, 0.2) is 47.8 Å². The Labute approximate surface area is 189 Å². The van der Waals surface area contributed by atoms with E-state index < -0.39 is 0 Å². The summed E-state index contributed by atoms with van der Waals surface area (Å²) in [6.07, 6.45) is 1.19. The van der Waals surface area contributed by atoms with Gasteiger partial charge in [0.25, 0.3) is 0 Å². The van der Waals surface area contributed by atoms with Gasteiger partial charge in [0.2, 0.25) is 0 Å². The molecule has 158 valence electrons. The van der Waals surface area contributed by atoms with Gasteiger partial charge < -0.3 is 15.5 Å². The first kappa shape index (κ1) is 21.6. The summed E-state index contributed by atoms with van der Waals surface area (Å²) in [5, 5.41) is 26.4. The van der Waals surface area contributed by atoms with Gasteiger partial charge in [0.05, 0.1) is 28.5 Å². The van der Waals surface area contributed by atoms with Gasteiger partial charge in [-0.1, -0.05) is 41.4 Å². The molecule has 3 N–H and O–H groups in total. The lowest BCUT2D eigenvalue weighted by Crippen LogP contribution is -2.34. The van der Waals surface area contributed by atoms with E-state index >= 15 is 0 Å². The molecule has 0 amide bonds. The van der Waals surface area contributed by atoms with Crippen LogP contribution >= 0.6 is 34.5 Å². The van der Waals surface area contributed by atoms with Crippen LogP contribution in [0.5, 0.6) is 0 Å². The van der Waals surface area contributed by atoms with Crippen molar-refractivity contribution in [2.24, 2.45) is 0 Å². The van der Waals surface area contributed by atoms with E-state index in [0.717, 1.165) is 35.0 Å². The molecule has 30 heavy (non-hydrogen) atoms. The monoisotopic (exact) mass is 463 g/mol. The number of thiazole rings is 1. The fraction of sp³-hybridized carbons (Fsp3) is 0.318. The minimum atomic E-state index is -0.333. The Morgan fingerprint density at radius 2 is 1.93 bits per heavy atom. The standard InChI is InChI=1S/C22H23Cl2N3O2S/c23-19-6-3-15(9-20(19)24)21-13-30-22(26-21)25-16-4-1-14(2-5-16)7-8-27-11-18(29)10-17(27)12-28/h1-6,9,13,17-18,28-29H,7-8,10-12H2,(H,25,26)/t17-,18+/m1/s1. The largest absolute Gasteiger partial charge is 0.395 e. The van der Waals surface area contributed by atoms with Crippen molar-refractivity contribution in [3.8, 4) is 11.3 Å². The second kappa shape index (κ2) is 9.64. The van der Waals surface area contributed by atoms with E-state index in [-0.39, 0.29) is 18.8 Å². The molecular formula is C22H23Cl2N3O2S. The maximum Gasteiger partial charge on any atom is 0.187 e. The molecule has 3 aromatic rings. The highest BCUT2D eigenvalue weighted by molar-refractivity contribution is 7.14. The van der Waals surface area contributed by atoms with E-state index in [0.29, 0.717) is 23.0 Å². The Morgan fingerprint density at radius 1 is 1.13 bits per heavy atom. The van der Waals surface area contributed by atoms with Crippen molar-refractivity contribution in [3.05, 3.63) is 63.5 Å². The number of benzene rings is 2. The summed E-state index contributed by atoms with van der Waals surface area (Å²) in [6.45, 7) is 1.56. The summed E-state index contributed by atoms with van der Waals surface area (Å²) in [7, 11) is 0. The van der Waals surface area contributed by atoms with Gasteiger partial charge in [0.1, 0.15) is 0 Å². The first-order chi connectivity index (χ1) is 14.5. The number of nitrogens with one attached hydrogen (secondary N) is 1. The highest BCUT2D eigenvalue weighted by atomic mass is 35.5. The number of aromatic nitrogens is 1. The molecular weight excluding hydrogens is 441 g/mol. The highest BCUT2D eigenvalue weighted by Gasteiger charge is 2.29. The Bertz CT molecular complexity index is 996. The van der Waals surface area contributed by atoms with Crippen LogP contribution in [-0.4, -0.2) is 51.9 Å². The third-order valence-electron chi connectivity index (χ3n) is 5.33. The molecule has 1 aromatic heterocycles. The molecule has 8 heteroatoms. The number of aliphatic hydroxyl groups excluding tert-OH is 2. The number of hydrogen-bond donors (Lipinski definition) is 3. The summed E-state index contributed by atoms with van der Waals surface area (Å²) < 4.78 is 0. The molecule has 1 saturated heterocycles. The summed E-state index contributed by atoms with van der Waals surface area (Å²) in [5.41, 5.74) is 3.97. The maximum absolute atomic E-state index is 9.80. The van der Waals surface area contributed by atoms with Crippen molar-refractivity contribution in [2.75, 3.05) is 25.0 Å². The second-order valence-electron chi connectivity index (χ2n) is 7.46. The van der Waals surface area contributed by atoms with Crippen LogP contribution in [0.1, 0.15) is 12.0 Å². The molecule has 1 aliphatic rings. The molecule has 2 atom stereocenters. The van der Waals surface area contributed by atoms with Gasteiger partial charge in [-0.15, -0.1) is 11.3 Å². The van der Waals surface area contributed by atoms with Crippen molar-refractivity contribution in [2.45, 2.75) is 25.0 Å². The van der Waals surface area contributed by atoms with Gasteiger partial charge in [-0.3, -0.25) is 4.90 Å². The van der Waals surface area contributed by atoms with E-state index in [1.165, 1.54) is 16.9 Å². The summed E-state index contributed by atoms with van der Waals surface area (Å²) in [6, 6.07) is 13.8. The normalized spacial score (nSPS) is 19.3. The number of aliphatic hydroxyl groups is 2. The minimum Gasteiger partial charge on any atom is -0.395 e. The van der Waals surface area contributed by atoms with Crippen LogP contribution < -0.4 is 5.32 Å². The molecule has 0 bridgehead atoms. The van der Waals surface area contributed by atoms with Crippen molar-refractivity contribution in [1.29, 1.82) is 0 Å². The lowest BCUT2D eigenvalue weighted by Gasteiger charge is -2.22. The third kappa shape index (κ3) is 5.14. The predicted octanol–water partition coefficient (Wildman–Crippen LogP) is 4.83. The molecule has 0 aliphatic carbocycles. The smallest absolute Gasteiger partial charge is 0.187 e. The van der Waals surface area contributed by atoms with Gasteiger partial charge >= 0.3 is 0 Å². The predicted molar refractivity (Wildman–Crippen MR) is 124 cm³/mol. The summed E-state index contributed by atoms with van der Waals surface area (Å²) >= 11 is 13.6. The quantitative estimate of drug-likeness (QED) is 0.467. The van der Waals surface area contributed by atoms with Gasteiger partial charge in [-0.05, 0) is 42.7 Å². The zero-order valence-electron chi connectivity index (χ0n) is 16.3. The average molecular weight is 464 g/mol. The number of β-amino-alcohol motifs (C(OH)–C–C–N with tert-alkyl or cyclic N) is 1. The van der Waals surface area contributed by atoms with Gasteiger partial charge in [0.15, 0.2) is 5.13 Å². The lowest BCUT2D eigenvalue weighted by atomic mass is 10.1. The number of likely N-dealkylation sites (tertiary alicyclic amines) is 1. The van der Waals surface area contributed by atoms with Crippen LogP contribution in [0.3, 0.4) is 0 Å². The van der Waals surface area contributed by atoms with Crippen LogP contribution in [0.25, 0.3) is 11.3 Å². The van der Waals surface area contributed by atoms with Crippen LogP contribution in [-0.2, 0) is 6.42 Å². The molecule has 0 saturated carbocycles. The third-order valence-corrected chi connectivity index (χ3v) is 6.83. The van der Waals surface area contributed by atoms with E-state index in [1.807, 2.05) is 29.6 Å². The second-order valence-corrected chi connectivity index (χ2v) is 9.13. The number of anilines is 2. The van der Waals surface area contributed by atoms with Crippen molar-refractivity contribution in [3.63, 3.8) is 0 Å². The van der Waals surface area contributed by atoms with Crippen LogP contribution in [0, 0.1) is 0 Å². The highest BCUT2D eigenvalue weighted by Crippen LogP contribution is 2.31. The molecule has 0 radical (unpaired) electrons. The van der Waals surface area contributed by atoms with Gasteiger partial charge in [-0.25, -0.2) is 4.98 Å². The summed E-state index contributed by atoms with van der Waals surface area (Å²) in [5.74, 6) is 0. The zero-order chi connectivity index (χ0) is 21.1. The van der Waals surface area contributed by atoms with Crippen molar-refractivity contribution < 1.29 is 10.2 Å². The van der Waals surface area contributed by atoms with Crippen molar-refractivity contribution in [1.82, 2.24) is 9.88 Å². The fourth-order valence-corrected chi connectivity index (χ4v) is 4.73. The SMILES string of the molecule is OC[C@H]1C[C@H](O)CN1CCc1ccc(Nc2nc(-c3ccc(Cl)c(Cl)c3)cs2)cc1. The number of halogens is 2. The van der Waals surface area contributed by atoms with Crippen LogP contribution in [0.4, 0.5) is 10.8 Å². The van der Waals surface area contributed by atoms with E-state index in [9.17, 15) is 10.2 Å². The fourth-order valence-electron chi connectivity index (χ4n) is 3.69. The van der Waals surface area contributed by atoms with E-state index in [1.54, 1.807) is 6.07 Å². The molecule has 2 aromatic carbocycles. The number of rotatable bonds is 7. The minimum absolute atomic E-state index is 0.0653. The lowest BCUT2D eigenvalue weighted by molar-refractivity contribution is 0.157. The molecule has 1 fully saturated rings. The Kier molecular flexibility index (Phi) is 6.93. The Morgan fingerprint density at radius 3 is 2.67 bits per heavy atom. The molecule has 4 rings (SSSR count). The van der Waals surface area contributed by atoms with Crippen LogP contribution in [0.2, 0.25) is 10.0 Å². The molecule has 1 aliphatic heterocycles. The molecule has 0 spiro atoms. The van der Waals surface area contributed by atoms with Gasteiger partial charge in [-0.2, -0.15) is 0 Å². The molecule has 2 heterocycles. The zero-order valence-corrected chi connectivity index (χ0v) is 18.6. The average Bonchev–Trinajstić information content (AvgIpc) is 3.35. The van der Waals surface area contributed by atoms with Crippen molar-refractivity contribution >= 4 is 45.4 Å². The molecule has 5 nitrogen and oxygen atoms in total. The Hall–Kier alpha value is -1.67. The summed E-state index contributed by atoms with van der Waals surface area (Å²) in [4.78, 5) is 6.80. The molecule has 0 unspecified atom stereocenters. The topological polar surface area (TPSA) is 68.6 Å². The first-order valence-electron chi connectivity index (χ1n) is 9.81. The van der Waals surface area contributed by atoms with E-state index in [2.05, 4.69) is 27.3 Å². The number of hydrogen-bond acceptors (Lipinski definition) is 6.